The predicted octanol–water partition coefficient (Wildman–Crippen LogP) is 3.38. The van der Waals surface area contributed by atoms with Crippen molar-refractivity contribution in [1.29, 1.82) is 0 Å². The van der Waals surface area contributed by atoms with Crippen molar-refractivity contribution in [1.82, 2.24) is 0 Å². The van der Waals surface area contributed by atoms with Gasteiger partial charge in [0.2, 0.25) is 0 Å². The Kier molecular flexibility index (Phi) is 5.37. The van der Waals surface area contributed by atoms with Crippen molar-refractivity contribution < 1.29 is 14.2 Å². The Hall–Kier alpha value is -0.900. The molecular formula is C16H24O3. The summed E-state index contributed by atoms with van der Waals surface area (Å²) in [5, 5.41) is 0. The fraction of sp³-hybridized carbons (Fsp3) is 0.625. The van der Waals surface area contributed by atoms with Gasteiger partial charge in [-0.1, -0.05) is 51.1 Å². The Balaban J connectivity index is 1.86. The predicted molar refractivity (Wildman–Crippen MR) is 74.8 cm³/mol. The molecule has 1 heterocycles. The molecule has 1 aromatic rings. The molecule has 3 atom stereocenters. The molecule has 2 rings (SSSR count). The van der Waals surface area contributed by atoms with Crippen molar-refractivity contribution in [3.8, 4) is 0 Å². The zero-order valence-electron chi connectivity index (χ0n) is 12.0. The molecule has 3 heteroatoms. The highest BCUT2D eigenvalue weighted by Gasteiger charge is 2.32. The van der Waals surface area contributed by atoms with E-state index in [1.807, 2.05) is 18.2 Å². The molecule has 0 N–H and O–H groups in total. The molecule has 1 aliphatic heterocycles. The summed E-state index contributed by atoms with van der Waals surface area (Å²) in [5.74, 6) is 0.379. The van der Waals surface area contributed by atoms with Gasteiger partial charge in [0.25, 0.3) is 0 Å². The topological polar surface area (TPSA) is 27.7 Å². The third kappa shape index (κ3) is 4.03. The first kappa shape index (κ1) is 14.5. The molecule has 3 nitrogen and oxygen atoms in total. The maximum absolute atomic E-state index is 5.95. The van der Waals surface area contributed by atoms with Crippen LogP contribution in [0.1, 0.15) is 32.8 Å². The first-order valence-corrected chi connectivity index (χ1v) is 7.13. The van der Waals surface area contributed by atoms with Crippen molar-refractivity contribution in [3.63, 3.8) is 0 Å². The zero-order chi connectivity index (χ0) is 13.7. The van der Waals surface area contributed by atoms with Crippen molar-refractivity contribution in [2.45, 2.75) is 52.3 Å². The minimum absolute atomic E-state index is 0.0280. The Bertz CT molecular complexity index is 364. The molecule has 19 heavy (non-hydrogen) atoms. The molecule has 0 radical (unpaired) electrons. The SMILES string of the molecule is CC[C@H]1O[C@@H](C(C)C)OC[C@H]1OCc1ccccc1. The van der Waals surface area contributed by atoms with E-state index in [9.17, 15) is 0 Å². The molecule has 0 aromatic heterocycles. The second-order valence-corrected chi connectivity index (χ2v) is 5.36. The highest BCUT2D eigenvalue weighted by Crippen LogP contribution is 2.23. The number of hydrogen-bond acceptors (Lipinski definition) is 3. The third-order valence-electron chi connectivity index (χ3n) is 3.40. The van der Waals surface area contributed by atoms with Gasteiger partial charge in [-0.15, -0.1) is 0 Å². The first-order valence-electron chi connectivity index (χ1n) is 7.13. The lowest BCUT2D eigenvalue weighted by Crippen LogP contribution is -2.46. The van der Waals surface area contributed by atoms with Crippen LogP contribution in [0.15, 0.2) is 30.3 Å². The van der Waals surface area contributed by atoms with Crippen LogP contribution >= 0.6 is 0 Å². The fourth-order valence-corrected chi connectivity index (χ4v) is 2.24. The van der Waals surface area contributed by atoms with Crippen LogP contribution in [0.4, 0.5) is 0 Å². The van der Waals surface area contributed by atoms with Crippen LogP contribution < -0.4 is 0 Å². The first-order chi connectivity index (χ1) is 9.20. The van der Waals surface area contributed by atoms with Gasteiger partial charge in [0, 0.05) is 5.92 Å². The third-order valence-corrected chi connectivity index (χ3v) is 3.40. The van der Waals surface area contributed by atoms with E-state index in [0.717, 1.165) is 6.42 Å². The van der Waals surface area contributed by atoms with E-state index in [-0.39, 0.29) is 18.5 Å². The van der Waals surface area contributed by atoms with Crippen LogP contribution in [0.3, 0.4) is 0 Å². The summed E-state index contributed by atoms with van der Waals surface area (Å²) in [4.78, 5) is 0. The summed E-state index contributed by atoms with van der Waals surface area (Å²) in [5.41, 5.74) is 1.18. The highest BCUT2D eigenvalue weighted by atomic mass is 16.7. The van der Waals surface area contributed by atoms with E-state index in [4.69, 9.17) is 14.2 Å². The van der Waals surface area contributed by atoms with Gasteiger partial charge in [0.05, 0.1) is 19.3 Å². The summed E-state index contributed by atoms with van der Waals surface area (Å²) in [6.07, 6.45) is 1.01. The van der Waals surface area contributed by atoms with Crippen molar-refractivity contribution in [2.24, 2.45) is 5.92 Å². The smallest absolute Gasteiger partial charge is 0.160 e. The molecule has 0 amide bonds. The maximum atomic E-state index is 5.95. The largest absolute Gasteiger partial charge is 0.368 e. The van der Waals surface area contributed by atoms with E-state index >= 15 is 0 Å². The average Bonchev–Trinajstić information content (AvgIpc) is 2.45. The molecule has 0 bridgehead atoms. The summed E-state index contributed by atoms with van der Waals surface area (Å²) in [7, 11) is 0. The van der Waals surface area contributed by atoms with Crippen LogP contribution in [0.25, 0.3) is 0 Å². The molecule has 1 fully saturated rings. The quantitative estimate of drug-likeness (QED) is 0.816. The maximum Gasteiger partial charge on any atom is 0.160 e. The monoisotopic (exact) mass is 264 g/mol. The van der Waals surface area contributed by atoms with Crippen molar-refractivity contribution >= 4 is 0 Å². The van der Waals surface area contributed by atoms with Crippen LogP contribution in [0, 0.1) is 5.92 Å². The lowest BCUT2D eigenvalue weighted by Gasteiger charge is -2.37. The van der Waals surface area contributed by atoms with Gasteiger partial charge in [-0.25, -0.2) is 0 Å². The van der Waals surface area contributed by atoms with Gasteiger partial charge in [0.15, 0.2) is 6.29 Å². The summed E-state index contributed by atoms with van der Waals surface area (Å²) in [6.45, 7) is 7.59. The number of ether oxygens (including phenoxy) is 3. The molecule has 1 aliphatic rings. The van der Waals surface area contributed by atoms with E-state index < -0.39 is 0 Å². The second-order valence-electron chi connectivity index (χ2n) is 5.36. The Morgan fingerprint density at radius 3 is 2.63 bits per heavy atom. The molecular weight excluding hydrogens is 240 g/mol. The summed E-state index contributed by atoms with van der Waals surface area (Å²) >= 11 is 0. The Labute approximate surface area is 115 Å². The Morgan fingerprint density at radius 2 is 2.00 bits per heavy atom. The molecule has 1 aromatic carbocycles. The van der Waals surface area contributed by atoms with Crippen LogP contribution in [0.5, 0.6) is 0 Å². The Morgan fingerprint density at radius 1 is 1.26 bits per heavy atom. The minimum atomic E-state index is -0.0958. The minimum Gasteiger partial charge on any atom is -0.368 e. The molecule has 106 valence electrons. The standard InChI is InChI=1S/C16H24O3/c1-4-14-15(11-18-16(19-14)12(2)3)17-10-13-8-6-5-7-9-13/h5-9,12,14-16H,4,10-11H2,1-3H3/t14-,15-,16+/m1/s1. The number of rotatable bonds is 5. The van der Waals surface area contributed by atoms with Gasteiger partial charge >= 0.3 is 0 Å². The van der Waals surface area contributed by atoms with Gasteiger partial charge in [-0.3, -0.25) is 0 Å². The molecule has 0 saturated carbocycles. The lowest BCUT2D eigenvalue weighted by atomic mass is 10.1. The van der Waals surface area contributed by atoms with Gasteiger partial charge < -0.3 is 14.2 Å². The van der Waals surface area contributed by atoms with Crippen molar-refractivity contribution in [2.75, 3.05) is 6.61 Å². The number of benzene rings is 1. The van der Waals surface area contributed by atoms with E-state index in [1.165, 1.54) is 5.56 Å². The van der Waals surface area contributed by atoms with Gasteiger partial charge in [-0.05, 0) is 12.0 Å². The zero-order valence-corrected chi connectivity index (χ0v) is 12.0. The van der Waals surface area contributed by atoms with E-state index in [1.54, 1.807) is 0 Å². The van der Waals surface area contributed by atoms with Crippen LogP contribution in [-0.2, 0) is 20.8 Å². The number of hydrogen-bond donors (Lipinski definition) is 0. The van der Waals surface area contributed by atoms with Crippen LogP contribution in [0.2, 0.25) is 0 Å². The van der Waals surface area contributed by atoms with Crippen LogP contribution in [-0.4, -0.2) is 25.1 Å². The van der Waals surface area contributed by atoms with Crippen molar-refractivity contribution in [3.05, 3.63) is 35.9 Å². The molecule has 0 spiro atoms. The molecule has 1 saturated heterocycles. The average molecular weight is 264 g/mol. The highest BCUT2D eigenvalue weighted by molar-refractivity contribution is 5.13. The fourth-order valence-electron chi connectivity index (χ4n) is 2.24. The van der Waals surface area contributed by atoms with E-state index in [2.05, 4.69) is 32.9 Å². The molecule has 0 unspecified atom stereocenters. The summed E-state index contributed by atoms with van der Waals surface area (Å²) < 4.78 is 17.6. The normalized spacial score (nSPS) is 27.7. The molecule has 0 aliphatic carbocycles. The van der Waals surface area contributed by atoms with E-state index in [0.29, 0.717) is 19.1 Å². The second kappa shape index (κ2) is 7.04. The lowest BCUT2D eigenvalue weighted by molar-refractivity contribution is -0.276. The summed E-state index contributed by atoms with van der Waals surface area (Å²) in [6, 6.07) is 10.2. The van der Waals surface area contributed by atoms with Gasteiger partial charge in [0.1, 0.15) is 6.10 Å². The van der Waals surface area contributed by atoms with Gasteiger partial charge in [-0.2, -0.15) is 0 Å².